The molecule has 4 rings (SSSR count). The monoisotopic (exact) mass is 468 g/mol. The molecule has 0 radical (unpaired) electrons. The number of nitrogens with one attached hydrogen (secondary N) is 2. The van der Waals surface area contributed by atoms with Gasteiger partial charge in [0.05, 0.1) is 11.6 Å². The van der Waals surface area contributed by atoms with Gasteiger partial charge in [-0.3, -0.25) is 4.79 Å². The third-order valence-electron chi connectivity index (χ3n) is 6.33. The number of phenols is 1. The summed E-state index contributed by atoms with van der Waals surface area (Å²) in [7, 11) is 0. The first kappa shape index (κ1) is 23.0. The number of halogens is 5. The van der Waals surface area contributed by atoms with Crippen LogP contribution in [0.3, 0.4) is 0 Å². The highest BCUT2D eigenvalue weighted by molar-refractivity contribution is 5.91. The van der Waals surface area contributed by atoms with Crippen LogP contribution in [0.2, 0.25) is 0 Å². The van der Waals surface area contributed by atoms with Crippen LogP contribution in [-0.4, -0.2) is 27.0 Å². The lowest BCUT2D eigenvalue weighted by Crippen LogP contribution is -2.55. The van der Waals surface area contributed by atoms with Crippen molar-refractivity contribution in [1.29, 1.82) is 0 Å². The molecule has 33 heavy (non-hydrogen) atoms. The number of H-pyrrole nitrogens is 1. The molecule has 3 atom stereocenters. The van der Waals surface area contributed by atoms with E-state index in [-0.39, 0.29) is 39.7 Å². The molecule has 0 spiro atoms. The Kier molecular flexibility index (Phi) is 5.39. The molecular weight excluding hydrogens is 447 g/mol. The van der Waals surface area contributed by atoms with Crippen LogP contribution in [0.1, 0.15) is 48.4 Å². The molecule has 3 aromatic rings. The Hall–Kier alpha value is -3.14. The highest BCUT2D eigenvalue weighted by Gasteiger charge is 2.62. The van der Waals surface area contributed by atoms with Gasteiger partial charge < -0.3 is 20.5 Å². The topological polar surface area (TPSA) is 85.4 Å². The molecule has 0 saturated carbocycles. The third-order valence-corrected chi connectivity index (χ3v) is 6.33. The molecule has 0 bridgehead atoms. The molecule has 176 valence electrons. The summed E-state index contributed by atoms with van der Waals surface area (Å²) >= 11 is 0. The summed E-state index contributed by atoms with van der Waals surface area (Å²) in [6, 6.07) is 3.68. The molecule has 4 N–H and O–H groups in total. The van der Waals surface area contributed by atoms with E-state index in [1.54, 1.807) is 6.92 Å². The van der Waals surface area contributed by atoms with Crippen LogP contribution in [0.15, 0.2) is 35.1 Å². The van der Waals surface area contributed by atoms with E-state index >= 15 is 0 Å². The highest BCUT2D eigenvalue weighted by atomic mass is 19.4. The minimum atomic E-state index is -5.11. The summed E-state index contributed by atoms with van der Waals surface area (Å²) in [5, 5.41) is 24.3. The fourth-order valence-electron chi connectivity index (χ4n) is 4.67. The van der Waals surface area contributed by atoms with Crippen molar-refractivity contribution in [2.45, 2.75) is 50.4 Å². The van der Waals surface area contributed by atoms with Gasteiger partial charge in [-0.15, -0.1) is 0 Å². The van der Waals surface area contributed by atoms with Crippen molar-refractivity contribution in [3.8, 4) is 5.75 Å². The van der Waals surface area contributed by atoms with Gasteiger partial charge in [-0.05, 0) is 55.0 Å². The van der Waals surface area contributed by atoms with Crippen LogP contribution in [0.25, 0.3) is 10.9 Å². The summed E-state index contributed by atoms with van der Waals surface area (Å²) in [5.41, 5.74) is -4.17. The SMILES string of the molecule is CC[C@H]1C[C@](O)(C(F)(F)F)[C@@H](Nc2cc(F)cc3[nH]c(=O)ccc23)c2cc(C)c(F)c(O)c21. The number of anilines is 1. The van der Waals surface area contributed by atoms with Crippen molar-refractivity contribution in [1.82, 2.24) is 4.98 Å². The van der Waals surface area contributed by atoms with Gasteiger partial charge in [-0.2, -0.15) is 13.2 Å². The number of aromatic hydroxyl groups is 1. The summed E-state index contributed by atoms with van der Waals surface area (Å²) < 4.78 is 71.5. The van der Waals surface area contributed by atoms with Crippen LogP contribution in [0.4, 0.5) is 27.6 Å². The average Bonchev–Trinajstić information content (AvgIpc) is 2.72. The van der Waals surface area contributed by atoms with Gasteiger partial charge in [-0.1, -0.05) is 13.0 Å². The number of aliphatic hydroxyl groups is 1. The minimum Gasteiger partial charge on any atom is -0.505 e. The zero-order valence-corrected chi connectivity index (χ0v) is 17.6. The average molecular weight is 468 g/mol. The van der Waals surface area contributed by atoms with Gasteiger partial charge >= 0.3 is 6.18 Å². The van der Waals surface area contributed by atoms with Crippen molar-refractivity contribution in [3.05, 3.63) is 69.0 Å². The largest absolute Gasteiger partial charge is 0.505 e. The second kappa shape index (κ2) is 7.72. The van der Waals surface area contributed by atoms with Gasteiger partial charge in [0.25, 0.3) is 0 Å². The lowest BCUT2D eigenvalue weighted by atomic mass is 9.68. The first-order valence-corrected chi connectivity index (χ1v) is 10.3. The lowest BCUT2D eigenvalue weighted by molar-refractivity contribution is -0.272. The number of phenolic OH excluding ortho intramolecular Hbond substituents is 1. The van der Waals surface area contributed by atoms with Gasteiger partial charge in [0.2, 0.25) is 5.56 Å². The quantitative estimate of drug-likeness (QED) is 0.400. The zero-order valence-electron chi connectivity index (χ0n) is 17.6. The van der Waals surface area contributed by atoms with Crippen LogP contribution < -0.4 is 10.9 Å². The predicted molar refractivity (Wildman–Crippen MR) is 112 cm³/mol. The Morgan fingerprint density at radius 3 is 2.55 bits per heavy atom. The molecule has 0 fully saturated rings. The number of aromatic nitrogens is 1. The van der Waals surface area contributed by atoms with Gasteiger partial charge in [0.1, 0.15) is 5.82 Å². The normalized spacial score (nSPS) is 22.9. The Morgan fingerprint density at radius 2 is 1.91 bits per heavy atom. The van der Waals surface area contributed by atoms with Crippen LogP contribution in [-0.2, 0) is 0 Å². The fourth-order valence-corrected chi connectivity index (χ4v) is 4.67. The molecule has 1 heterocycles. The summed E-state index contributed by atoms with van der Waals surface area (Å²) in [6.07, 6.45) is -5.83. The minimum absolute atomic E-state index is 0.0267. The van der Waals surface area contributed by atoms with Gasteiger partial charge in [0, 0.05) is 22.7 Å². The zero-order chi connectivity index (χ0) is 24.3. The summed E-state index contributed by atoms with van der Waals surface area (Å²) in [4.78, 5) is 14.0. The molecule has 5 nitrogen and oxygen atoms in total. The van der Waals surface area contributed by atoms with Gasteiger partial charge in [-0.25, -0.2) is 8.78 Å². The molecule has 10 heteroatoms. The van der Waals surface area contributed by atoms with E-state index in [0.29, 0.717) is 0 Å². The maximum Gasteiger partial charge on any atom is 0.419 e. The Balaban J connectivity index is 1.99. The first-order chi connectivity index (χ1) is 15.4. The Labute approximate surface area is 184 Å². The smallest absolute Gasteiger partial charge is 0.419 e. The number of hydrogen-bond donors (Lipinski definition) is 4. The van der Waals surface area contributed by atoms with Crippen LogP contribution >= 0.6 is 0 Å². The molecule has 1 aromatic heterocycles. The van der Waals surface area contributed by atoms with E-state index in [1.165, 1.54) is 13.0 Å². The molecule has 0 saturated heterocycles. The van der Waals surface area contributed by atoms with Crippen molar-refractivity contribution < 1.29 is 32.2 Å². The number of hydrogen-bond acceptors (Lipinski definition) is 4. The molecule has 0 amide bonds. The fraction of sp³-hybridized carbons (Fsp3) is 0.348. The van der Waals surface area contributed by atoms with Crippen molar-refractivity contribution in [3.63, 3.8) is 0 Å². The van der Waals surface area contributed by atoms with Crippen LogP contribution in [0.5, 0.6) is 5.75 Å². The third kappa shape index (κ3) is 3.62. The highest BCUT2D eigenvalue weighted by Crippen LogP contribution is 2.55. The summed E-state index contributed by atoms with van der Waals surface area (Å²) in [5.74, 6) is -3.51. The standard InChI is InChI=1S/C23H21F5N2O3/c1-3-11-9-22(33,23(26,27)28)21(14-6-10(2)19(25)20(32)18(11)14)30-16-8-12(24)7-15-13(16)4-5-17(31)29-15/h4-8,11,21,30,32-33H,3,9H2,1-2H3,(H,29,31)/t11-,21-,22+/m0/s1. The Bertz CT molecular complexity index is 1300. The number of pyridine rings is 1. The number of aromatic amines is 1. The van der Waals surface area contributed by atoms with Crippen molar-refractivity contribution >= 4 is 16.6 Å². The van der Waals surface area contributed by atoms with E-state index in [0.717, 1.165) is 24.3 Å². The van der Waals surface area contributed by atoms with E-state index in [9.17, 15) is 37.0 Å². The summed E-state index contributed by atoms with van der Waals surface area (Å²) in [6.45, 7) is 2.86. The van der Waals surface area contributed by atoms with Crippen molar-refractivity contribution in [2.75, 3.05) is 5.32 Å². The van der Waals surface area contributed by atoms with E-state index in [1.807, 2.05) is 0 Å². The molecule has 2 aromatic carbocycles. The number of benzene rings is 2. The first-order valence-electron chi connectivity index (χ1n) is 10.3. The lowest BCUT2D eigenvalue weighted by Gasteiger charge is -2.46. The molecule has 0 unspecified atom stereocenters. The maximum atomic E-state index is 14.5. The number of alkyl halides is 3. The van der Waals surface area contributed by atoms with E-state index < -0.39 is 53.1 Å². The Morgan fingerprint density at radius 1 is 1.21 bits per heavy atom. The van der Waals surface area contributed by atoms with E-state index in [4.69, 9.17) is 0 Å². The number of rotatable bonds is 3. The number of fused-ring (bicyclic) bond motifs is 2. The second-order valence-electron chi connectivity index (χ2n) is 8.40. The number of aryl methyl sites for hydroxylation is 1. The van der Waals surface area contributed by atoms with Crippen LogP contribution in [0, 0.1) is 18.6 Å². The maximum absolute atomic E-state index is 14.5. The molecule has 1 aliphatic carbocycles. The molecular formula is C23H21F5N2O3. The second-order valence-corrected chi connectivity index (χ2v) is 8.40. The molecule has 1 aliphatic rings. The van der Waals surface area contributed by atoms with Crippen molar-refractivity contribution in [2.24, 2.45) is 0 Å². The van der Waals surface area contributed by atoms with Gasteiger partial charge in [0.15, 0.2) is 17.2 Å². The predicted octanol–water partition coefficient (Wildman–Crippen LogP) is 5.16. The molecule has 0 aliphatic heterocycles. The van der Waals surface area contributed by atoms with E-state index in [2.05, 4.69) is 10.3 Å².